The third-order valence-corrected chi connectivity index (χ3v) is 5.60. The number of rotatable bonds is 4. The maximum absolute atomic E-state index is 13.4. The lowest BCUT2D eigenvalue weighted by molar-refractivity contribution is 0.0993. The fraction of sp³-hybridized carbons (Fsp3) is 0.200. The van der Waals surface area contributed by atoms with Gasteiger partial charge in [-0.1, -0.05) is 35.9 Å². The van der Waals surface area contributed by atoms with Gasteiger partial charge in [0.1, 0.15) is 5.65 Å². The smallest absolute Gasteiger partial charge is 0.174 e. The number of hydrogen-bond acceptors (Lipinski definition) is 4. The Kier molecular flexibility index (Phi) is 4.43. The highest BCUT2D eigenvalue weighted by Gasteiger charge is 2.21. The van der Waals surface area contributed by atoms with Crippen molar-refractivity contribution < 1.29 is 4.79 Å². The van der Waals surface area contributed by atoms with E-state index in [1.54, 1.807) is 10.7 Å². The highest BCUT2D eigenvalue weighted by atomic mass is 16.1. The number of carbonyl (C=O) groups excluding carboxylic acids is 1. The Morgan fingerprint density at radius 3 is 2.45 bits per heavy atom. The van der Waals surface area contributed by atoms with Crippen molar-refractivity contribution in [2.75, 3.05) is 0 Å². The van der Waals surface area contributed by atoms with Crippen molar-refractivity contribution in [1.29, 1.82) is 0 Å². The van der Waals surface area contributed by atoms with Crippen LogP contribution >= 0.6 is 0 Å². The summed E-state index contributed by atoms with van der Waals surface area (Å²) in [4.78, 5) is 22.9. The van der Waals surface area contributed by atoms with E-state index in [4.69, 9.17) is 4.98 Å². The van der Waals surface area contributed by atoms with Crippen LogP contribution in [0.25, 0.3) is 22.6 Å². The van der Waals surface area contributed by atoms with Crippen LogP contribution in [0.5, 0.6) is 0 Å². The molecule has 0 fully saturated rings. The zero-order valence-electron chi connectivity index (χ0n) is 18.0. The largest absolute Gasteiger partial charge is 0.303 e. The third-order valence-electron chi connectivity index (χ3n) is 5.60. The number of carbonyl (C=O) groups is 1. The lowest BCUT2D eigenvalue weighted by Crippen LogP contribution is -2.08. The summed E-state index contributed by atoms with van der Waals surface area (Å²) in [5, 5.41) is 4.39. The highest BCUT2D eigenvalue weighted by molar-refractivity contribution is 6.03. The third kappa shape index (κ3) is 3.30. The summed E-state index contributed by atoms with van der Waals surface area (Å²) in [6, 6.07) is 14.2. The van der Waals surface area contributed by atoms with Crippen molar-refractivity contribution in [2.45, 2.75) is 34.1 Å². The van der Waals surface area contributed by atoms with Crippen molar-refractivity contribution in [2.24, 2.45) is 0 Å². The fourth-order valence-corrected chi connectivity index (χ4v) is 4.03. The normalized spacial score (nSPS) is 11.5. The van der Waals surface area contributed by atoms with Gasteiger partial charge in [-0.2, -0.15) is 5.10 Å². The zero-order chi connectivity index (χ0) is 21.7. The Morgan fingerprint density at radius 1 is 0.935 bits per heavy atom. The maximum atomic E-state index is 13.4. The van der Waals surface area contributed by atoms with E-state index in [9.17, 15) is 4.79 Å². The van der Waals surface area contributed by atoms with Gasteiger partial charge in [-0.3, -0.25) is 4.79 Å². The van der Waals surface area contributed by atoms with Crippen LogP contribution in [0.2, 0.25) is 0 Å². The van der Waals surface area contributed by atoms with Crippen LogP contribution in [0.15, 0.2) is 54.9 Å². The SMILES string of the molecule is Cc1ccc(-c2nc3ccc(C)cn3c2CC(=O)c2cnn3c(C)cc(C)nc23)cc1. The van der Waals surface area contributed by atoms with Crippen LogP contribution in [0.1, 0.15) is 38.6 Å². The molecule has 0 atom stereocenters. The average molecular weight is 409 g/mol. The lowest BCUT2D eigenvalue weighted by atomic mass is 10.0. The number of ketones is 1. The van der Waals surface area contributed by atoms with Crippen LogP contribution in [-0.2, 0) is 6.42 Å². The Bertz CT molecular complexity index is 1460. The van der Waals surface area contributed by atoms with E-state index in [0.717, 1.165) is 39.5 Å². The van der Waals surface area contributed by atoms with Crippen molar-refractivity contribution in [3.8, 4) is 11.3 Å². The van der Waals surface area contributed by atoms with E-state index in [-0.39, 0.29) is 12.2 Å². The van der Waals surface area contributed by atoms with Crippen LogP contribution in [-0.4, -0.2) is 29.8 Å². The summed E-state index contributed by atoms with van der Waals surface area (Å²) in [5.74, 6) is -0.0239. The lowest BCUT2D eigenvalue weighted by Gasteiger charge is -2.06. The molecule has 6 nitrogen and oxygen atoms in total. The molecular weight excluding hydrogens is 386 g/mol. The number of aromatic nitrogens is 5. The van der Waals surface area contributed by atoms with Gasteiger partial charge >= 0.3 is 0 Å². The fourth-order valence-electron chi connectivity index (χ4n) is 4.03. The Morgan fingerprint density at radius 2 is 1.68 bits per heavy atom. The molecule has 6 heteroatoms. The van der Waals surface area contributed by atoms with Gasteiger partial charge in [0, 0.05) is 23.1 Å². The van der Waals surface area contributed by atoms with E-state index >= 15 is 0 Å². The molecule has 0 saturated heterocycles. The van der Waals surface area contributed by atoms with Gasteiger partial charge < -0.3 is 4.40 Å². The summed E-state index contributed by atoms with van der Waals surface area (Å²) in [6.45, 7) is 7.99. The number of Topliss-reactive ketones (excluding diaryl/α,β-unsaturated/α-hetero) is 1. The first kappa shape index (κ1) is 19.2. The zero-order valence-corrected chi connectivity index (χ0v) is 18.0. The van der Waals surface area contributed by atoms with Gasteiger partial charge in [-0.25, -0.2) is 14.5 Å². The molecule has 4 aromatic heterocycles. The van der Waals surface area contributed by atoms with E-state index in [2.05, 4.69) is 41.3 Å². The molecule has 31 heavy (non-hydrogen) atoms. The summed E-state index contributed by atoms with van der Waals surface area (Å²) < 4.78 is 3.75. The topological polar surface area (TPSA) is 64.6 Å². The molecule has 0 bridgehead atoms. The quantitative estimate of drug-likeness (QED) is 0.404. The molecule has 4 heterocycles. The van der Waals surface area contributed by atoms with Crippen LogP contribution in [0.4, 0.5) is 0 Å². The molecule has 0 aliphatic rings. The Balaban J connectivity index is 1.64. The second-order valence-electron chi connectivity index (χ2n) is 8.14. The number of benzene rings is 1. The first-order valence-corrected chi connectivity index (χ1v) is 10.3. The molecule has 0 aliphatic carbocycles. The van der Waals surface area contributed by atoms with E-state index < -0.39 is 0 Å². The molecular formula is C25H23N5O. The summed E-state index contributed by atoms with van der Waals surface area (Å²) in [5.41, 5.74) is 8.77. The first-order chi connectivity index (χ1) is 14.9. The molecule has 5 aromatic rings. The molecule has 154 valence electrons. The second-order valence-corrected chi connectivity index (χ2v) is 8.14. The van der Waals surface area contributed by atoms with Crippen LogP contribution in [0.3, 0.4) is 0 Å². The minimum atomic E-state index is -0.0239. The standard InChI is InChI=1S/C25H23N5O/c1-15-5-8-19(9-6-15)24-21(29-14-16(2)7-10-23(29)28-24)12-22(31)20-13-26-30-18(4)11-17(3)27-25(20)30/h5-11,13-14H,12H2,1-4H3. The van der Waals surface area contributed by atoms with Gasteiger partial charge in [-0.05, 0) is 45.4 Å². The van der Waals surface area contributed by atoms with Crippen molar-refractivity contribution >= 4 is 17.1 Å². The maximum Gasteiger partial charge on any atom is 0.174 e. The van der Waals surface area contributed by atoms with Crippen molar-refractivity contribution in [3.05, 3.63) is 88.6 Å². The van der Waals surface area contributed by atoms with E-state index in [0.29, 0.717) is 11.2 Å². The highest BCUT2D eigenvalue weighted by Crippen LogP contribution is 2.27. The number of imidazole rings is 1. The summed E-state index contributed by atoms with van der Waals surface area (Å²) in [7, 11) is 0. The number of fused-ring (bicyclic) bond motifs is 2. The van der Waals surface area contributed by atoms with Crippen molar-refractivity contribution in [1.82, 2.24) is 24.0 Å². The van der Waals surface area contributed by atoms with Crippen LogP contribution in [0, 0.1) is 27.7 Å². The molecule has 0 aliphatic heterocycles. The molecule has 5 rings (SSSR count). The molecule has 1 aromatic carbocycles. The second kappa shape index (κ2) is 7.16. The number of hydrogen-bond donors (Lipinski definition) is 0. The minimum Gasteiger partial charge on any atom is -0.303 e. The van der Waals surface area contributed by atoms with Gasteiger partial charge in [0.25, 0.3) is 0 Å². The molecule has 0 N–H and O–H groups in total. The Labute approximate surface area is 180 Å². The number of pyridine rings is 1. The van der Waals surface area contributed by atoms with Crippen LogP contribution < -0.4 is 0 Å². The van der Waals surface area contributed by atoms with E-state index in [1.807, 2.05) is 49.6 Å². The number of nitrogens with zero attached hydrogens (tertiary/aromatic N) is 5. The predicted molar refractivity (Wildman–Crippen MR) is 121 cm³/mol. The van der Waals surface area contributed by atoms with E-state index in [1.165, 1.54) is 5.56 Å². The monoisotopic (exact) mass is 409 g/mol. The van der Waals surface area contributed by atoms with Gasteiger partial charge in [-0.15, -0.1) is 0 Å². The van der Waals surface area contributed by atoms with Gasteiger partial charge in [0.15, 0.2) is 11.4 Å². The summed E-state index contributed by atoms with van der Waals surface area (Å²) in [6.07, 6.45) is 3.87. The summed E-state index contributed by atoms with van der Waals surface area (Å²) >= 11 is 0. The molecule has 0 radical (unpaired) electrons. The molecule has 0 spiro atoms. The molecule has 0 unspecified atom stereocenters. The predicted octanol–water partition coefficient (Wildman–Crippen LogP) is 4.70. The minimum absolute atomic E-state index is 0.0239. The Hall–Kier alpha value is -3.80. The van der Waals surface area contributed by atoms with Crippen molar-refractivity contribution in [3.63, 3.8) is 0 Å². The molecule has 0 saturated carbocycles. The molecule has 0 amide bonds. The van der Waals surface area contributed by atoms with Gasteiger partial charge in [0.2, 0.25) is 0 Å². The first-order valence-electron chi connectivity index (χ1n) is 10.3. The number of aryl methyl sites for hydroxylation is 4. The average Bonchev–Trinajstić information content (AvgIpc) is 3.31. The van der Waals surface area contributed by atoms with Gasteiger partial charge in [0.05, 0.1) is 29.6 Å².